The number of benzene rings is 1. The molecular formula is C15H21F2N3O3S. The minimum atomic E-state index is -3.81. The maximum absolute atomic E-state index is 13.4. The Kier molecular flexibility index (Phi) is 5.76. The smallest absolute Gasteiger partial charge is 0.243 e. The van der Waals surface area contributed by atoms with E-state index in [1.165, 1.54) is 0 Å². The van der Waals surface area contributed by atoms with Gasteiger partial charge in [-0.25, -0.2) is 17.2 Å². The Morgan fingerprint density at radius 2 is 1.79 bits per heavy atom. The molecule has 0 atom stereocenters. The lowest BCUT2D eigenvalue weighted by Gasteiger charge is -2.35. The normalized spacial score (nSPS) is 16.2. The zero-order chi connectivity index (χ0) is 17.9. The van der Waals surface area contributed by atoms with E-state index in [4.69, 9.17) is 0 Å². The summed E-state index contributed by atoms with van der Waals surface area (Å²) < 4.78 is 51.2. The number of carbonyl (C=O) groups is 1. The summed E-state index contributed by atoms with van der Waals surface area (Å²) in [4.78, 5) is 16.2. The van der Waals surface area contributed by atoms with E-state index in [1.807, 2.05) is 6.92 Å². The molecule has 0 N–H and O–H groups in total. The van der Waals surface area contributed by atoms with Crippen LogP contribution in [0, 0.1) is 11.6 Å². The Bertz CT molecular complexity index is 704. The van der Waals surface area contributed by atoms with Gasteiger partial charge in [0.1, 0.15) is 6.54 Å². The maximum Gasteiger partial charge on any atom is 0.243 e. The van der Waals surface area contributed by atoms with Crippen molar-refractivity contribution in [1.82, 2.24) is 9.80 Å². The van der Waals surface area contributed by atoms with Gasteiger partial charge >= 0.3 is 0 Å². The highest BCUT2D eigenvalue weighted by molar-refractivity contribution is 7.92. The van der Waals surface area contributed by atoms with Crippen molar-refractivity contribution >= 4 is 21.6 Å². The van der Waals surface area contributed by atoms with Crippen molar-refractivity contribution < 1.29 is 22.0 Å². The number of nitrogens with zero attached hydrogens (tertiary/aromatic N) is 3. The van der Waals surface area contributed by atoms with Gasteiger partial charge < -0.3 is 9.80 Å². The monoisotopic (exact) mass is 361 g/mol. The SMILES string of the molecule is CCN1CCN(C(=O)CN(c2ccc(F)c(F)c2)S(C)(=O)=O)CC1. The third kappa shape index (κ3) is 4.41. The lowest BCUT2D eigenvalue weighted by molar-refractivity contribution is -0.131. The topological polar surface area (TPSA) is 60.9 Å². The summed E-state index contributed by atoms with van der Waals surface area (Å²) in [5.74, 6) is -2.60. The molecule has 1 aliphatic heterocycles. The van der Waals surface area contributed by atoms with Gasteiger partial charge in [-0.1, -0.05) is 6.92 Å². The number of piperazine rings is 1. The van der Waals surface area contributed by atoms with Crippen LogP contribution < -0.4 is 4.31 Å². The van der Waals surface area contributed by atoms with Crippen LogP contribution in [0.25, 0.3) is 0 Å². The van der Waals surface area contributed by atoms with Gasteiger partial charge in [-0.05, 0) is 18.7 Å². The van der Waals surface area contributed by atoms with Gasteiger partial charge in [0.2, 0.25) is 15.9 Å². The van der Waals surface area contributed by atoms with Crippen LogP contribution in [-0.2, 0) is 14.8 Å². The summed E-state index contributed by atoms with van der Waals surface area (Å²) in [7, 11) is -3.81. The molecule has 1 aromatic rings. The van der Waals surface area contributed by atoms with Crippen molar-refractivity contribution in [2.75, 3.05) is 49.8 Å². The number of hydrogen-bond acceptors (Lipinski definition) is 4. The molecule has 1 amide bonds. The molecule has 24 heavy (non-hydrogen) atoms. The van der Waals surface area contributed by atoms with Gasteiger partial charge in [0.15, 0.2) is 11.6 Å². The van der Waals surface area contributed by atoms with Crippen LogP contribution in [0.5, 0.6) is 0 Å². The molecule has 1 aromatic carbocycles. The highest BCUT2D eigenvalue weighted by Gasteiger charge is 2.26. The molecular weight excluding hydrogens is 340 g/mol. The van der Waals surface area contributed by atoms with Crippen molar-refractivity contribution in [3.8, 4) is 0 Å². The van der Waals surface area contributed by atoms with Crippen molar-refractivity contribution in [3.63, 3.8) is 0 Å². The van der Waals surface area contributed by atoms with Gasteiger partial charge in [0, 0.05) is 32.2 Å². The third-order valence-corrected chi connectivity index (χ3v) is 5.18. The molecule has 0 spiro atoms. The van der Waals surface area contributed by atoms with E-state index in [0.717, 1.165) is 48.4 Å². The Hall–Kier alpha value is -1.74. The lowest BCUT2D eigenvalue weighted by atomic mass is 10.3. The highest BCUT2D eigenvalue weighted by Crippen LogP contribution is 2.20. The Labute approximate surface area is 140 Å². The highest BCUT2D eigenvalue weighted by atomic mass is 32.2. The van der Waals surface area contributed by atoms with E-state index in [9.17, 15) is 22.0 Å². The number of sulfonamides is 1. The van der Waals surface area contributed by atoms with Crippen LogP contribution in [-0.4, -0.2) is 69.6 Å². The summed E-state index contributed by atoms with van der Waals surface area (Å²) in [6.45, 7) is 4.98. The molecule has 0 saturated carbocycles. The van der Waals surface area contributed by atoms with Crippen molar-refractivity contribution in [1.29, 1.82) is 0 Å². The Balaban J connectivity index is 2.15. The molecule has 2 rings (SSSR count). The van der Waals surface area contributed by atoms with Gasteiger partial charge in [-0.15, -0.1) is 0 Å². The van der Waals surface area contributed by atoms with E-state index >= 15 is 0 Å². The number of amides is 1. The second-order valence-corrected chi connectivity index (χ2v) is 7.59. The van der Waals surface area contributed by atoms with Crippen LogP contribution in [0.2, 0.25) is 0 Å². The summed E-state index contributed by atoms with van der Waals surface area (Å²) in [5, 5.41) is 0. The summed E-state index contributed by atoms with van der Waals surface area (Å²) in [6, 6.07) is 2.76. The lowest BCUT2D eigenvalue weighted by Crippen LogP contribution is -2.51. The zero-order valence-electron chi connectivity index (χ0n) is 13.7. The molecule has 1 saturated heterocycles. The van der Waals surface area contributed by atoms with Gasteiger partial charge in [0.05, 0.1) is 11.9 Å². The van der Waals surface area contributed by atoms with Crippen LogP contribution >= 0.6 is 0 Å². The van der Waals surface area contributed by atoms with E-state index in [0.29, 0.717) is 13.1 Å². The Morgan fingerprint density at radius 1 is 1.17 bits per heavy atom. The summed E-state index contributed by atoms with van der Waals surface area (Å²) >= 11 is 0. The van der Waals surface area contributed by atoms with Crippen molar-refractivity contribution in [2.45, 2.75) is 6.92 Å². The molecule has 0 bridgehead atoms. The summed E-state index contributed by atoms with van der Waals surface area (Å²) in [5.41, 5.74) is -0.0723. The van der Waals surface area contributed by atoms with Crippen LogP contribution in [0.4, 0.5) is 14.5 Å². The second kappa shape index (κ2) is 7.43. The van der Waals surface area contributed by atoms with Gasteiger partial charge in [-0.3, -0.25) is 9.10 Å². The summed E-state index contributed by atoms with van der Waals surface area (Å²) in [6.07, 6.45) is 0.927. The number of likely N-dealkylation sites (N-methyl/N-ethyl adjacent to an activating group) is 1. The molecule has 0 aromatic heterocycles. The molecule has 9 heteroatoms. The molecule has 134 valence electrons. The molecule has 1 aliphatic rings. The quantitative estimate of drug-likeness (QED) is 0.782. The zero-order valence-corrected chi connectivity index (χ0v) is 14.5. The first-order valence-corrected chi connectivity index (χ1v) is 9.50. The van der Waals surface area contributed by atoms with Crippen LogP contribution in [0.3, 0.4) is 0 Å². The molecule has 6 nitrogen and oxygen atoms in total. The standard InChI is InChI=1S/C15H21F2N3O3S/c1-3-18-6-8-19(9-7-18)15(21)11-20(24(2,22)23)12-4-5-13(16)14(17)10-12/h4-5,10H,3,6-9,11H2,1-2H3. The number of anilines is 1. The predicted molar refractivity (Wildman–Crippen MR) is 87.2 cm³/mol. The number of rotatable bonds is 5. The van der Waals surface area contributed by atoms with Gasteiger partial charge in [0.25, 0.3) is 0 Å². The first kappa shape index (κ1) is 18.6. The average molecular weight is 361 g/mol. The number of hydrogen-bond donors (Lipinski definition) is 0. The molecule has 1 heterocycles. The number of carbonyl (C=O) groups excluding carboxylic acids is 1. The molecule has 0 unspecified atom stereocenters. The maximum atomic E-state index is 13.4. The van der Waals surface area contributed by atoms with E-state index in [2.05, 4.69) is 4.90 Å². The van der Waals surface area contributed by atoms with E-state index in [-0.39, 0.29) is 11.6 Å². The minimum Gasteiger partial charge on any atom is -0.339 e. The molecule has 0 radical (unpaired) electrons. The predicted octanol–water partition coefficient (Wildman–Crippen LogP) is 0.895. The first-order chi connectivity index (χ1) is 11.2. The fourth-order valence-electron chi connectivity index (χ4n) is 2.58. The number of halogens is 2. The van der Waals surface area contributed by atoms with Crippen molar-refractivity contribution in [3.05, 3.63) is 29.8 Å². The van der Waals surface area contributed by atoms with E-state index in [1.54, 1.807) is 4.90 Å². The second-order valence-electron chi connectivity index (χ2n) is 5.68. The van der Waals surface area contributed by atoms with Crippen molar-refractivity contribution in [2.24, 2.45) is 0 Å². The largest absolute Gasteiger partial charge is 0.339 e. The molecule has 1 fully saturated rings. The molecule has 0 aliphatic carbocycles. The minimum absolute atomic E-state index is 0.0723. The third-order valence-electron chi connectivity index (χ3n) is 4.04. The Morgan fingerprint density at radius 3 is 2.29 bits per heavy atom. The first-order valence-electron chi connectivity index (χ1n) is 7.65. The van der Waals surface area contributed by atoms with Gasteiger partial charge in [-0.2, -0.15) is 0 Å². The fourth-order valence-corrected chi connectivity index (χ4v) is 3.42. The van der Waals surface area contributed by atoms with E-state index < -0.39 is 28.2 Å². The fraction of sp³-hybridized carbons (Fsp3) is 0.533. The van der Waals surface area contributed by atoms with Crippen LogP contribution in [0.15, 0.2) is 18.2 Å². The average Bonchev–Trinajstić information content (AvgIpc) is 2.54. The van der Waals surface area contributed by atoms with Crippen LogP contribution in [0.1, 0.15) is 6.92 Å².